The monoisotopic (exact) mass is 540 g/mol. The molecular formula is C26H31ClF2N2O4S. The Morgan fingerprint density at radius 1 is 0.944 bits per heavy atom. The van der Waals surface area contributed by atoms with Gasteiger partial charge in [-0.3, -0.25) is 4.79 Å². The van der Waals surface area contributed by atoms with Crippen molar-refractivity contribution in [1.82, 2.24) is 9.21 Å². The number of carbonyl (C=O) groups excluding carboxylic acids is 1. The summed E-state index contributed by atoms with van der Waals surface area (Å²) >= 11 is 5.97. The molecule has 2 aromatic rings. The van der Waals surface area contributed by atoms with Crippen LogP contribution in [0.2, 0.25) is 5.02 Å². The zero-order chi connectivity index (χ0) is 25.8. The van der Waals surface area contributed by atoms with Crippen molar-refractivity contribution in [2.24, 2.45) is 5.41 Å². The van der Waals surface area contributed by atoms with Gasteiger partial charge in [0.05, 0.1) is 12.4 Å². The van der Waals surface area contributed by atoms with Crippen LogP contribution in [-0.2, 0) is 20.6 Å². The maximum atomic E-state index is 13.6. The highest BCUT2D eigenvalue weighted by molar-refractivity contribution is 7.88. The van der Waals surface area contributed by atoms with Crippen LogP contribution in [0.1, 0.15) is 44.1 Å². The second-order valence-corrected chi connectivity index (χ2v) is 12.2. The molecule has 2 heterocycles. The summed E-state index contributed by atoms with van der Waals surface area (Å²) in [6, 6.07) is 9.77. The SMILES string of the molecule is O=C(CC1(COc2ccc(Cl)cc2)CCN(S(=O)(=O)Cc2cc(F)cc(F)c2)CC1)N1CCCCC1. The standard InChI is InChI=1S/C26H31ClF2N2O4S/c27-21-4-6-24(7-5-21)35-19-26(17-25(32)30-10-2-1-3-11-30)8-12-31(13-9-26)36(33,34)18-20-14-22(28)16-23(29)15-20/h4-7,14-16H,1-3,8-13,17-19H2. The minimum Gasteiger partial charge on any atom is -0.493 e. The summed E-state index contributed by atoms with van der Waals surface area (Å²) in [5.41, 5.74) is -0.457. The normalized spacial score (nSPS) is 18.7. The first-order valence-corrected chi connectivity index (χ1v) is 14.2. The smallest absolute Gasteiger partial charge is 0.223 e. The number of hydrogen-bond acceptors (Lipinski definition) is 4. The van der Waals surface area contributed by atoms with E-state index in [-0.39, 0.29) is 37.6 Å². The number of sulfonamides is 1. The molecule has 0 atom stereocenters. The van der Waals surface area contributed by atoms with Gasteiger partial charge in [0.15, 0.2) is 0 Å². The molecule has 4 rings (SSSR count). The first-order valence-electron chi connectivity index (χ1n) is 12.2. The third-order valence-corrected chi connectivity index (χ3v) is 9.14. The summed E-state index contributed by atoms with van der Waals surface area (Å²) in [5.74, 6) is -1.40. The van der Waals surface area contributed by atoms with Crippen molar-refractivity contribution in [3.05, 3.63) is 64.7 Å². The van der Waals surface area contributed by atoms with Gasteiger partial charge in [-0.15, -0.1) is 0 Å². The first-order chi connectivity index (χ1) is 17.1. The van der Waals surface area contributed by atoms with Crippen molar-refractivity contribution < 1.29 is 26.7 Å². The third-order valence-electron chi connectivity index (χ3n) is 7.04. The van der Waals surface area contributed by atoms with Gasteiger partial charge in [0, 0.05) is 49.1 Å². The number of carbonyl (C=O) groups is 1. The molecule has 1 amide bonds. The molecule has 0 radical (unpaired) electrons. The molecule has 0 unspecified atom stereocenters. The number of halogens is 3. The molecule has 0 spiro atoms. The van der Waals surface area contributed by atoms with E-state index in [1.807, 2.05) is 4.90 Å². The van der Waals surface area contributed by atoms with Crippen molar-refractivity contribution in [2.45, 2.75) is 44.3 Å². The highest BCUT2D eigenvalue weighted by atomic mass is 35.5. The Labute approximate surface area is 216 Å². The molecule has 2 fully saturated rings. The van der Waals surface area contributed by atoms with E-state index < -0.39 is 32.8 Å². The van der Waals surface area contributed by atoms with Crippen molar-refractivity contribution in [1.29, 1.82) is 0 Å². The van der Waals surface area contributed by atoms with Crippen LogP contribution < -0.4 is 4.74 Å². The van der Waals surface area contributed by atoms with Crippen molar-refractivity contribution >= 4 is 27.5 Å². The average molecular weight is 541 g/mol. The van der Waals surface area contributed by atoms with Gasteiger partial charge < -0.3 is 9.64 Å². The van der Waals surface area contributed by atoms with Crippen molar-refractivity contribution in [3.8, 4) is 5.75 Å². The maximum absolute atomic E-state index is 13.6. The van der Waals surface area contributed by atoms with E-state index in [2.05, 4.69) is 0 Å². The molecule has 0 N–H and O–H groups in total. The number of ether oxygens (including phenoxy) is 1. The summed E-state index contributed by atoms with van der Waals surface area (Å²) in [4.78, 5) is 15.1. The number of likely N-dealkylation sites (tertiary alicyclic amines) is 1. The predicted molar refractivity (Wildman–Crippen MR) is 134 cm³/mol. The van der Waals surface area contributed by atoms with Crippen molar-refractivity contribution in [2.75, 3.05) is 32.8 Å². The number of rotatable bonds is 8. The highest BCUT2D eigenvalue weighted by Crippen LogP contribution is 2.38. The van der Waals surface area contributed by atoms with Crippen LogP contribution in [0.4, 0.5) is 8.78 Å². The largest absolute Gasteiger partial charge is 0.493 e. The second kappa shape index (κ2) is 11.4. The molecule has 2 aliphatic heterocycles. The van der Waals surface area contributed by atoms with Gasteiger partial charge in [0.2, 0.25) is 15.9 Å². The van der Waals surface area contributed by atoms with Gasteiger partial charge in [-0.05, 0) is 74.1 Å². The van der Waals surface area contributed by atoms with E-state index in [1.54, 1.807) is 24.3 Å². The van der Waals surface area contributed by atoms with Gasteiger partial charge in [-0.25, -0.2) is 21.5 Å². The number of benzene rings is 2. The molecular weight excluding hydrogens is 510 g/mol. The zero-order valence-corrected chi connectivity index (χ0v) is 21.7. The van der Waals surface area contributed by atoms with Crippen LogP contribution in [-0.4, -0.2) is 56.3 Å². The minimum atomic E-state index is -3.79. The number of nitrogens with zero attached hydrogens (tertiary/aromatic N) is 2. The molecule has 2 saturated heterocycles. The summed E-state index contributed by atoms with van der Waals surface area (Å²) in [5, 5.41) is 0.592. The van der Waals surface area contributed by atoms with E-state index in [0.29, 0.717) is 29.7 Å². The Morgan fingerprint density at radius 3 is 2.17 bits per heavy atom. The van der Waals surface area contributed by atoms with Gasteiger partial charge in [0.1, 0.15) is 17.4 Å². The van der Waals surface area contributed by atoms with Crippen molar-refractivity contribution in [3.63, 3.8) is 0 Å². The molecule has 2 aromatic carbocycles. The second-order valence-electron chi connectivity index (χ2n) is 9.79. The lowest BCUT2D eigenvalue weighted by molar-refractivity contribution is -0.136. The average Bonchev–Trinajstić information content (AvgIpc) is 2.84. The summed E-state index contributed by atoms with van der Waals surface area (Å²) in [6.45, 7) is 2.18. The third kappa shape index (κ3) is 6.95. The first kappa shape index (κ1) is 26.8. The summed E-state index contributed by atoms with van der Waals surface area (Å²) < 4.78 is 60.6. The zero-order valence-electron chi connectivity index (χ0n) is 20.1. The van der Waals surface area contributed by atoms with Crippen LogP contribution >= 0.6 is 11.6 Å². The van der Waals surface area contributed by atoms with Crippen LogP contribution in [0.15, 0.2) is 42.5 Å². The van der Waals surface area contributed by atoms with Crippen LogP contribution in [0, 0.1) is 17.0 Å². The summed E-state index contributed by atoms with van der Waals surface area (Å²) in [6.07, 6.45) is 4.27. The molecule has 6 nitrogen and oxygen atoms in total. The molecule has 196 valence electrons. The molecule has 0 bridgehead atoms. The lowest BCUT2D eigenvalue weighted by atomic mass is 9.76. The number of amides is 1. The van der Waals surface area contributed by atoms with E-state index in [1.165, 1.54) is 4.31 Å². The molecule has 0 aromatic heterocycles. The fraction of sp³-hybridized carbons (Fsp3) is 0.500. The lowest BCUT2D eigenvalue weighted by Crippen LogP contribution is -2.48. The maximum Gasteiger partial charge on any atom is 0.223 e. The molecule has 2 aliphatic rings. The number of piperidine rings is 2. The predicted octanol–water partition coefficient (Wildman–Crippen LogP) is 5.01. The Hall–Kier alpha value is -2.23. The van der Waals surface area contributed by atoms with Crippen LogP contribution in [0.5, 0.6) is 5.75 Å². The quantitative estimate of drug-likeness (QED) is 0.472. The Bertz CT molecular complexity index is 1140. The van der Waals surface area contributed by atoms with E-state index in [0.717, 1.165) is 44.5 Å². The van der Waals surface area contributed by atoms with E-state index in [9.17, 15) is 22.0 Å². The fourth-order valence-corrected chi connectivity index (χ4v) is 6.59. The minimum absolute atomic E-state index is 0.0654. The fourth-order valence-electron chi connectivity index (χ4n) is 4.95. The molecule has 10 heteroatoms. The highest BCUT2D eigenvalue weighted by Gasteiger charge is 2.41. The van der Waals surface area contributed by atoms with Gasteiger partial charge in [-0.2, -0.15) is 0 Å². The van der Waals surface area contributed by atoms with E-state index in [4.69, 9.17) is 16.3 Å². The van der Waals surface area contributed by atoms with Crippen LogP contribution in [0.25, 0.3) is 0 Å². The molecule has 0 saturated carbocycles. The molecule has 36 heavy (non-hydrogen) atoms. The van der Waals surface area contributed by atoms with Gasteiger partial charge >= 0.3 is 0 Å². The van der Waals surface area contributed by atoms with Crippen LogP contribution in [0.3, 0.4) is 0 Å². The summed E-state index contributed by atoms with van der Waals surface area (Å²) in [7, 11) is -3.79. The lowest BCUT2D eigenvalue weighted by Gasteiger charge is -2.42. The number of hydrogen-bond donors (Lipinski definition) is 0. The van der Waals surface area contributed by atoms with Gasteiger partial charge in [0.25, 0.3) is 0 Å². The Kier molecular flexibility index (Phi) is 8.52. The van der Waals surface area contributed by atoms with E-state index >= 15 is 0 Å². The Balaban J connectivity index is 1.46. The van der Waals surface area contributed by atoms with Gasteiger partial charge in [-0.1, -0.05) is 11.6 Å². The molecule has 0 aliphatic carbocycles. The Morgan fingerprint density at radius 2 is 1.56 bits per heavy atom. The topological polar surface area (TPSA) is 66.9 Å².